The molecule has 1 heterocycles. The Balaban J connectivity index is 1.84. The van der Waals surface area contributed by atoms with Crippen molar-refractivity contribution in [2.24, 2.45) is 0 Å². The summed E-state index contributed by atoms with van der Waals surface area (Å²) in [4.78, 5) is 4.53. The summed E-state index contributed by atoms with van der Waals surface area (Å²) in [5.74, 6) is 0.900. The third kappa shape index (κ3) is 4.32. The Hall–Kier alpha value is -3.58. The highest BCUT2D eigenvalue weighted by atomic mass is 32.2. The lowest BCUT2D eigenvalue weighted by atomic mass is 10.1. The summed E-state index contributed by atoms with van der Waals surface area (Å²) in [6.45, 7) is 3.85. The fraction of sp³-hybridized carbons (Fsp3) is 0.125. The van der Waals surface area contributed by atoms with Crippen LogP contribution in [0, 0.1) is 13.8 Å². The first kappa shape index (κ1) is 20.7. The Bertz CT molecular complexity index is 1330. The van der Waals surface area contributed by atoms with Crippen molar-refractivity contribution >= 4 is 21.4 Å². The molecule has 3 aromatic carbocycles. The SMILES string of the molecule is COc1cccc(Nc2oc(-c3cccc(C)c3)nc2S(=O)(=O)c2ccc(C)cc2)c1. The topological polar surface area (TPSA) is 81.4 Å². The van der Waals surface area contributed by atoms with Crippen molar-refractivity contribution in [2.75, 3.05) is 12.4 Å². The van der Waals surface area contributed by atoms with E-state index < -0.39 is 9.84 Å². The van der Waals surface area contributed by atoms with Crippen molar-refractivity contribution in [3.05, 3.63) is 83.9 Å². The average molecular weight is 435 g/mol. The van der Waals surface area contributed by atoms with Crippen molar-refractivity contribution in [3.63, 3.8) is 0 Å². The number of nitrogens with zero attached hydrogens (tertiary/aromatic N) is 1. The number of hydrogen-bond acceptors (Lipinski definition) is 6. The third-order valence-electron chi connectivity index (χ3n) is 4.77. The quantitative estimate of drug-likeness (QED) is 0.429. The summed E-state index contributed by atoms with van der Waals surface area (Å²) in [5.41, 5.74) is 3.29. The molecule has 0 radical (unpaired) electrons. The van der Waals surface area contributed by atoms with Crippen LogP contribution in [0.5, 0.6) is 5.75 Å². The molecule has 158 valence electrons. The van der Waals surface area contributed by atoms with Gasteiger partial charge in [-0.2, -0.15) is 4.98 Å². The molecule has 0 aliphatic rings. The molecule has 1 aromatic heterocycles. The standard InChI is InChI=1S/C24H22N2O4S/c1-16-10-12-21(13-11-16)31(27,28)24-23(25-19-8-5-9-20(15-19)29-3)30-22(26-24)18-7-4-6-17(2)14-18/h4-15,25H,1-3H3. The van der Waals surface area contributed by atoms with Gasteiger partial charge in [-0.3, -0.25) is 0 Å². The van der Waals surface area contributed by atoms with Crippen molar-refractivity contribution in [3.8, 4) is 17.2 Å². The summed E-state index contributed by atoms with van der Waals surface area (Å²) < 4.78 is 38.0. The number of aromatic nitrogens is 1. The monoisotopic (exact) mass is 434 g/mol. The van der Waals surface area contributed by atoms with Crippen LogP contribution in [-0.2, 0) is 9.84 Å². The fourth-order valence-corrected chi connectivity index (χ4v) is 4.39. The number of anilines is 2. The van der Waals surface area contributed by atoms with E-state index in [0.29, 0.717) is 17.0 Å². The molecule has 0 unspecified atom stereocenters. The van der Waals surface area contributed by atoms with Crippen LogP contribution in [0.2, 0.25) is 0 Å². The molecule has 0 bridgehead atoms. The summed E-state index contributed by atoms with van der Waals surface area (Å²) in [5, 5.41) is 2.88. The van der Waals surface area contributed by atoms with Gasteiger partial charge in [0.25, 0.3) is 0 Å². The Morgan fingerprint density at radius 1 is 0.903 bits per heavy atom. The number of rotatable bonds is 6. The van der Waals surface area contributed by atoms with Crippen molar-refractivity contribution < 1.29 is 17.6 Å². The molecule has 1 N–H and O–H groups in total. The molecule has 7 heteroatoms. The highest BCUT2D eigenvalue weighted by molar-refractivity contribution is 7.91. The molecule has 0 spiro atoms. The van der Waals surface area contributed by atoms with E-state index in [9.17, 15) is 8.42 Å². The van der Waals surface area contributed by atoms with Gasteiger partial charge in [-0.05, 0) is 50.2 Å². The number of nitrogens with one attached hydrogen (secondary N) is 1. The summed E-state index contributed by atoms with van der Waals surface area (Å²) in [7, 11) is -2.35. The van der Waals surface area contributed by atoms with E-state index >= 15 is 0 Å². The molecule has 0 atom stereocenters. The third-order valence-corrected chi connectivity index (χ3v) is 6.45. The number of benzene rings is 3. The fourth-order valence-electron chi connectivity index (χ4n) is 3.13. The Morgan fingerprint density at radius 2 is 1.65 bits per heavy atom. The lowest BCUT2D eigenvalue weighted by molar-refractivity contribution is 0.415. The van der Waals surface area contributed by atoms with E-state index in [1.807, 2.05) is 38.1 Å². The minimum Gasteiger partial charge on any atom is -0.497 e. The summed E-state index contributed by atoms with van der Waals surface area (Å²) in [6, 6.07) is 21.3. The van der Waals surface area contributed by atoms with Gasteiger partial charge in [-0.25, -0.2) is 8.42 Å². The molecule has 6 nitrogen and oxygen atoms in total. The van der Waals surface area contributed by atoms with Crippen LogP contribution in [0.25, 0.3) is 11.5 Å². The number of oxazole rings is 1. The number of methoxy groups -OCH3 is 1. The smallest absolute Gasteiger partial charge is 0.238 e. The van der Waals surface area contributed by atoms with E-state index in [2.05, 4.69) is 10.3 Å². The van der Waals surface area contributed by atoms with Crippen LogP contribution >= 0.6 is 0 Å². The van der Waals surface area contributed by atoms with E-state index in [-0.39, 0.29) is 21.7 Å². The normalized spacial score (nSPS) is 11.3. The Kier molecular flexibility index (Phi) is 5.52. The maximum atomic E-state index is 13.4. The molecular formula is C24H22N2O4S. The van der Waals surface area contributed by atoms with E-state index in [1.54, 1.807) is 55.6 Å². The van der Waals surface area contributed by atoms with Gasteiger partial charge in [0.15, 0.2) is 0 Å². The van der Waals surface area contributed by atoms with Gasteiger partial charge < -0.3 is 14.5 Å². The van der Waals surface area contributed by atoms with Gasteiger partial charge in [0.05, 0.1) is 12.0 Å². The van der Waals surface area contributed by atoms with E-state index in [0.717, 1.165) is 11.1 Å². The molecule has 0 fully saturated rings. The van der Waals surface area contributed by atoms with Crippen molar-refractivity contribution in [2.45, 2.75) is 23.8 Å². The second kappa shape index (κ2) is 8.28. The molecule has 0 aliphatic heterocycles. The first-order valence-electron chi connectivity index (χ1n) is 9.67. The first-order chi connectivity index (χ1) is 14.9. The molecule has 0 amide bonds. The largest absolute Gasteiger partial charge is 0.497 e. The maximum Gasteiger partial charge on any atom is 0.238 e. The number of aryl methyl sites for hydroxylation is 2. The summed E-state index contributed by atoms with van der Waals surface area (Å²) in [6.07, 6.45) is 0. The van der Waals surface area contributed by atoms with Gasteiger partial charge in [-0.15, -0.1) is 0 Å². The van der Waals surface area contributed by atoms with Crippen LogP contribution in [-0.4, -0.2) is 20.5 Å². The molecule has 0 saturated heterocycles. The number of hydrogen-bond donors (Lipinski definition) is 1. The van der Waals surface area contributed by atoms with Gasteiger partial charge in [0.2, 0.25) is 26.6 Å². The second-order valence-corrected chi connectivity index (χ2v) is 9.06. The Labute approximate surface area is 181 Å². The van der Waals surface area contributed by atoms with Crippen LogP contribution in [0.1, 0.15) is 11.1 Å². The van der Waals surface area contributed by atoms with Gasteiger partial charge in [-0.1, -0.05) is 41.5 Å². The molecule has 4 aromatic rings. The molecule has 31 heavy (non-hydrogen) atoms. The summed E-state index contributed by atoms with van der Waals surface area (Å²) >= 11 is 0. The van der Waals surface area contributed by atoms with Gasteiger partial charge in [0, 0.05) is 17.3 Å². The zero-order valence-electron chi connectivity index (χ0n) is 17.4. The average Bonchev–Trinajstić information content (AvgIpc) is 3.19. The highest BCUT2D eigenvalue weighted by Gasteiger charge is 2.28. The van der Waals surface area contributed by atoms with Gasteiger partial charge in [0.1, 0.15) is 5.75 Å². The van der Waals surface area contributed by atoms with Crippen LogP contribution in [0.15, 0.2) is 87.1 Å². The zero-order valence-corrected chi connectivity index (χ0v) is 18.2. The number of ether oxygens (including phenoxy) is 1. The highest BCUT2D eigenvalue weighted by Crippen LogP contribution is 2.35. The predicted molar refractivity (Wildman–Crippen MR) is 120 cm³/mol. The van der Waals surface area contributed by atoms with Crippen LogP contribution < -0.4 is 10.1 Å². The molecule has 4 rings (SSSR count). The van der Waals surface area contributed by atoms with E-state index in [1.165, 1.54) is 0 Å². The predicted octanol–water partition coefficient (Wildman–Crippen LogP) is 5.54. The molecule has 0 aliphatic carbocycles. The maximum absolute atomic E-state index is 13.4. The molecular weight excluding hydrogens is 412 g/mol. The van der Waals surface area contributed by atoms with Crippen LogP contribution in [0.3, 0.4) is 0 Å². The van der Waals surface area contributed by atoms with Crippen LogP contribution in [0.4, 0.5) is 11.6 Å². The molecule has 0 saturated carbocycles. The second-order valence-electron chi connectivity index (χ2n) is 7.20. The number of sulfone groups is 1. The van der Waals surface area contributed by atoms with Gasteiger partial charge >= 0.3 is 0 Å². The van der Waals surface area contributed by atoms with E-state index in [4.69, 9.17) is 9.15 Å². The minimum atomic E-state index is -3.92. The Morgan fingerprint density at radius 3 is 2.35 bits per heavy atom. The lowest BCUT2D eigenvalue weighted by Crippen LogP contribution is -2.05. The zero-order chi connectivity index (χ0) is 22.0. The van der Waals surface area contributed by atoms with Crippen molar-refractivity contribution in [1.29, 1.82) is 0 Å². The first-order valence-corrected chi connectivity index (χ1v) is 11.2. The van der Waals surface area contributed by atoms with Crippen molar-refractivity contribution in [1.82, 2.24) is 4.98 Å². The lowest BCUT2D eigenvalue weighted by Gasteiger charge is -2.08. The minimum absolute atomic E-state index is 0.0466.